The summed E-state index contributed by atoms with van der Waals surface area (Å²) in [7, 11) is 0. The van der Waals surface area contributed by atoms with Gasteiger partial charge in [-0.1, -0.05) is 13.3 Å². The first-order chi connectivity index (χ1) is 22.3. The maximum atomic E-state index is 15.0. The zero-order valence-electron chi connectivity index (χ0n) is 25.6. The molecule has 0 spiro atoms. The first-order valence-electron chi connectivity index (χ1n) is 15.3. The van der Waals surface area contributed by atoms with Gasteiger partial charge in [0.05, 0.1) is 17.9 Å². The van der Waals surface area contributed by atoms with Gasteiger partial charge >= 0.3 is 0 Å². The van der Waals surface area contributed by atoms with Crippen LogP contribution in [0.3, 0.4) is 0 Å². The van der Waals surface area contributed by atoms with Gasteiger partial charge in [-0.15, -0.1) is 0 Å². The molecule has 2 aromatic heterocycles. The Morgan fingerprint density at radius 2 is 1.89 bits per heavy atom. The van der Waals surface area contributed by atoms with Gasteiger partial charge in [0.2, 0.25) is 11.7 Å². The number of halogens is 2. The molecule has 2 aliphatic heterocycles. The lowest BCUT2D eigenvalue weighted by Crippen LogP contribution is -2.54. The molecule has 0 saturated carbocycles. The molecule has 238 valence electrons. The third-order valence-corrected chi connectivity index (χ3v) is 8.74. The average molecular weight is 629 g/mol. The number of anilines is 2. The summed E-state index contributed by atoms with van der Waals surface area (Å²) in [5, 5.41) is 15.2. The number of imidazole rings is 1. The van der Waals surface area contributed by atoms with E-state index in [1.807, 2.05) is 17.9 Å². The summed E-state index contributed by atoms with van der Waals surface area (Å²) in [6.45, 7) is 6.44. The summed E-state index contributed by atoms with van der Waals surface area (Å²) >= 11 is 0. The summed E-state index contributed by atoms with van der Waals surface area (Å²) in [5.74, 6) is -1.71. The lowest BCUT2D eigenvalue weighted by molar-refractivity contribution is -0.134. The summed E-state index contributed by atoms with van der Waals surface area (Å²) in [6.07, 6.45) is 6.45. The lowest BCUT2D eigenvalue weighted by atomic mass is 10.0. The molecule has 0 aliphatic carbocycles. The molecule has 46 heavy (non-hydrogen) atoms. The Hall–Kier alpha value is -5.09. The molecule has 2 aliphatic rings. The van der Waals surface area contributed by atoms with E-state index in [-0.39, 0.29) is 29.2 Å². The number of hydrogen-bond donors (Lipinski definition) is 2. The number of carbonyl (C=O) groups is 2. The van der Waals surface area contributed by atoms with Crippen molar-refractivity contribution in [2.75, 3.05) is 44.6 Å². The van der Waals surface area contributed by atoms with E-state index in [0.717, 1.165) is 24.9 Å². The maximum Gasteiger partial charge on any atom is 0.254 e. The molecule has 2 fully saturated rings. The molecule has 2 saturated heterocycles. The monoisotopic (exact) mass is 628 g/mol. The largest absolute Gasteiger partial charge is 0.476 e. The number of nitrogens with zero attached hydrogens (tertiary/aromatic N) is 6. The minimum Gasteiger partial charge on any atom is -0.476 e. The van der Waals surface area contributed by atoms with Gasteiger partial charge in [-0.25, -0.2) is 14.4 Å². The molecule has 11 nitrogen and oxygen atoms in total. The molecule has 2 aromatic carbocycles. The highest BCUT2D eigenvalue weighted by atomic mass is 19.2. The van der Waals surface area contributed by atoms with Crippen molar-refractivity contribution in [3.8, 4) is 23.1 Å². The fourth-order valence-corrected chi connectivity index (χ4v) is 6.10. The fourth-order valence-electron chi connectivity index (χ4n) is 6.10. The molecule has 2 atom stereocenters. The number of fused-ring (bicyclic) bond motifs is 1. The van der Waals surface area contributed by atoms with Crippen molar-refractivity contribution in [3.05, 3.63) is 71.7 Å². The highest BCUT2D eigenvalue weighted by Crippen LogP contribution is 2.32. The summed E-state index contributed by atoms with van der Waals surface area (Å²) in [4.78, 5) is 38.8. The van der Waals surface area contributed by atoms with Gasteiger partial charge in [-0.05, 0) is 61.7 Å². The van der Waals surface area contributed by atoms with Gasteiger partial charge in [-0.3, -0.25) is 14.0 Å². The molecule has 4 heterocycles. The van der Waals surface area contributed by atoms with Crippen LogP contribution in [0.2, 0.25) is 0 Å². The van der Waals surface area contributed by atoms with Crippen LogP contribution in [-0.2, 0) is 4.79 Å². The normalized spacial score (nSPS) is 18.1. The molecular formula is C33H34F2N8O3. The topological polar surface area (TPSA) is 128 Å². The van der Waals surface area contributed by atoms with Crippen LogP contribution in [0.5, 0.6) is 5.75 Å². The highest BCUT2D eigenvalue weighted by molar-refractivity contribution is 5.96. The van der Waals surface area contributed by atoms with Crippen molar-refractivity contribution in [3.63, 3.8) is 0 Å². The van der Waals surface area contributed by atoms with Crippen LogP contribution < -0.4 is 15.4 Å². The number of piperazine rings is 1. The molecule has 1 unspecified atom stereocenters. The number of aryl methyl sites for hydroxylation is 1. The molecule has 6 rings (SSSR count). The van der Waals surface area contributed by atoms with E-state index in [2.05, 4.69) is 27.5 Å². The summed E-state index contributed by atoms with van der Waals surface area (Å²) in [6, 6.07) is 9.61. The molecule has 2 N–H and O–H groups in total. The number of hydrogen-bond acceptors (Lipinski definition) is 8. The van der Waals surface area contributed by atoms with Crippen LogP contribution in [0, 0.1) is 35.8 Å². The van der Waals surface area contributed by atoms with E-state index < -0.39 is 18.2 Å². The standard InChI is InChI=1S/C33H34F2N8O3/c1-3-21-17-25(38-18-21)33(45)42-13-11-41(12-14-42)32(44)23-5-4-22(16-20(23)2)40-30-31-39-19-26(43(31)10-9-37-30)24-6-7-27(46-15-8-36)29(35)28(24)34/h4-7,9-10,16,19,21,25,38H,3,11-15,17-18H2,1-2H3,(H,37,40)/t21-,25?/m0/s1. The Kier molecular flexibility index (Phi) is 8.81. The van der Waals surface area contributed by atoms with E-state index in [1.54, 1.807) is 33.7 Å². The van der Waals surface area contributed by atoms with Gasteiger partial charge in [0.15, 0.2) is 29.6 Å². The third-order valence-electron chi connectivity index (χ3n) is 8.74. The smallest absolute Gasteiger partial charge is 0.254 e. The molecule has 2 amide bonds. The minimum atomic E-state index is -1.19. The second kappa shape index (κ2) is 13.1. The fraction of sp³-hybridized carbons (Fsp3) is 0.364. The molecule has 4 aromatic rings. The lowest BCUT2D eigenvalue weighted by Gasteiger charge is -2.36. The number of ether oxygens (including phenoxy) is 1. The number of carbonyl (C=O) groups excluding carboxylic acids is 2. The van der Waals surface area contributed by atoms with Gasteiger partial charge in [-0.2, -0.15) is 9.65 Å². The third kappa shape index (κ3) is 5.95. The Morgan fingerprint density at radius 1 is 1.11 bits per heavy atom. The van der Waals surface area contributed by atoms with Crippen LogP contribution in [-0.4, -0.2) is 81.4 Å². The number of nitrogens with one attached hydrogen (secondary N) is 2. The zero-order chi connectivity index (χ0) is 32.4. The van der Waals surface area contributed by atoms with Gasteiger partial charge in [0, 0.05) is 55.4 Å². The van der Waals surface area contributed by atoms with Crippen molar-refractivity contribution in [1.82, 2.24) is 29.5 Å². The first kappa shape index (κ1) is 30.9. The Balaban J connectivity index is 1.13. The van der Waals surface area contributed by atoms with E-state index in [9.17, 15) is 18.4 Å². The van der Waals surface area contributed by atoms with Crippen LogP contribution >= 0.6 is 0 Å². The molecule has 0 bridgehead atoms. The molecule has 13 heteroatoms. The Morgan fingerprint density at radius 3 is 2.61 bits per heavy atom. The second-order valence-corrected chi connectivity index (χ2v) is 11.5. The summed E-state index contributed by atoms with van der Waals surface area (Å²) < 4.78 is 36.1. The van der Waals surface area contributed by atoms with Crippen molar-refractivity contribution >= 4 is 29.0 Å². The van der Waals surface area contributed by atoms with Crippen molar-refractivity contribution in [2.24, 2.45) is 5.92 Å². The minimum absolute atomic E-state index is 0.0318. The van der Waals surface area contributed by atoms with Crippen molar-refractivity contribution < 1.29 is 23.1 Å². The number of amides is 2. The number of benzene rings is 2. The zero-order valence-corrected chi connectivity index (χ0v) is 25.6. The number of aromatic nitrogens is 3. The van der Waals surface area contributed by atoms with Crippen LogP contribution in [0.1, 0.15) is 35.7 Å². The van der Waals surface area contributed by atoms with Crippen LogP contribution in [0.15, 0.2) is 48.9 Å². The number of nitriles is 1. The van der Waals surface area contributed by atoms with E-state index in [1.165, 1.54) is 24.5 Å². The van der Waals surface area contributed by atoms with Crippen molar-refractivity contribution in [2.45, 2.75) is 32.7 Å². The predicted molar refractivity (Wildman–Crippen MR) is 167 cm³/mol. The van der Waals surface area contributed by atoms with Crippen molar-refractivity contribution in [1.29, 1.82) is 5.26 Å². The van der Waals surface area contributed by atoms with Gasteiger partial charge in [0.25, 0.3) is 5.91 Å². The molecular weight excluding hydrogens is 594 g/mol. The van der Waals surface area contributed by atoms with Crippen LogP contribution in [0.4, 0.5) is 20.3 Å². The molecule has 0 radical (unpaired) electrons. The summed E-state index contributed by atoms with van der Waals surface area (Å²) in [5.41, 5.74) is 2.65. The Labute approximate surface area is 264 Å². The predicted octanol–water partition coefficient (Wildman–Crippen LogP) is 4.30. The van der Waals surface area contributed by atoms with E-state index in [4.69, 9.17) is 10.00 Å². The second-order valence-electron chi connectivity index (χ2n) is 11.5. The van der Waals surface area contributed by atoms with E-state index >= 15 is 0 Å². The maximum absolute atomic E-state index is 15.0. The number of rotatable bonds is 8. The van der Waals surface area contributed by atoms with Gasteiger partial charge < -0.3 is 25.2 Å². The first-order valence-corrected chi connectivity index (χ1v) is 15.3. The quantitative estimate of drug-likeness (QED) is 0.296. The Bertz CT molecular complexity index is 1830. The van der Waals surface area contributed by atoms with Crippen LogP contribution in [0.25, 0.3) is 16.9 Å². The van der Waals surface area contributed by atoms with Gasteiger partial charge in [0.1, 0.15) is 6.07 Å². The van der Waals surface area contributed by atoms with E-state index in [0.29, 0.717) is 60.5 Å². The SMILES string of the molecule is CC[C@@H]1CNC(C(=O)N2CCN(C(=O)c3ccc(Nc4nccn5c(-c6ccc(OCC#N)c(F)c6F)cnc45)cc3C)CC2)C1. The highest BCUT2D eigenvalue weighted by Gasteiger charge is 2.33. The average Bonchev–Trinajstić information content (AvgIpc) is 3.73.